The first kappa shape index (κ1) is 51.2. The Kier molecular flexibility index (Phi) is 15.8. The van der Waals surface area contributed by atoms with Gasteiger partial charge in [-0.15, -0.1) is 6.42 Å². The van der Waals surface area contributed by atoms with Crippen molar-refractivity contribution >= 4 is 39.7 Å². The van der Waals surface area contributed by atoms with Crippen LogP contribution in [0.2, 0.25) is 0 Å². The van der Waals surface area contributed by atoms with Crippen molar-refractivity contribution in [1.82, 2.24) is 29.4 Å². The Morgan fingerprint density at radius 3 is 1.61 bits per heavy atom. The molecule has 352 valence electrons. The number of hydrogen-bond donors (Lipinski definition) is 4. The summed E-state index contributed by atoms with van der Waals surface area (Å²) in [5.41, 5.74) is -0.236. The number of terminal acetylenes is 1. The van der Waals surface area contributed by atoms with Gasteiger partial charge in [-0.3, -0.25) is 9.59 Å². The summed E-state index contributed by atoms with van der Waals surface area (Å²) < 4.78 is 14.6. The molecule has 8 rings (SSSR count). The SMILES string of the molecule is C.C#C[C@]1(O)CCN(C)C1=O.CCOC(=O)c1nn(-c2cccc(Br)c2)c2c1C(C)(O)CCC2.CCOC(=O)c1nn(-c2cccc(C#C[C@]3(O)CCN(C)C3=O)c2)c2c1C(C)(O)CCC2. The molecule has 17 heteroatoms. The number of aliphatic hydroxyl groups is 4. The lowest BCUT2D eigenvalue weighted by Gasteiger charge is -2.29. The zero-order chi connectivity index (χ0) is 47.5. The van der Waals surface area contributed by atoms with E-state index in [2.05, 4.69) is 43.9 Å². The van der Waals surface area contributed by atoms with Crippen molar-refractivity contribution in [2.45, 2.75) is 109 Å². The first-order chi connectivity index (χ1) is 30.7. The van der Waals surface area contributed by atoms with Gasteiger partial charge in [0.05, 0.1) is 47.2 Å². The van der Waals surface area contributed by atoms with Gasteiger partial charge in [0.2, 0.25) is 11.2 Å². The number of amides is 2. The average molecular weight is 972 g/mol. The summed E-state index contributed by atoms with van der Waals surface area (Å²) in [7, 11) is 3.26. The molecule has 0 bridgehead atoms. The number of aromatic nitrogens is 4. The minimum absolute atomic E-state index is 0. The van der Waals surface area contributed by atoms with Crippen LogP contribution >= 0.6 is 15.9 Å². The minimum atomic E-state index is -1.68. The third kappa shape index (κ3) is 10.4. The molecule has 2 fully saturated rings. The molecule has 4 aromatic rings. The Morgan fingerprint density at radius 1 is 0.742 bits per heavy atom. The van der Waals surface area contributed by atoms with Crippen molar-refractivity contribution in [3.05, 3.63) is 92.5 Å². The number of benzene rings is 2. The average Bonchev–Trinajstić information content (AvgIpc) is 4.01. The van der Waals surface area contributed by atoms with Gasteiger partial charge in [0.15, 0.2) is 11.4 Å². The molecule has 2 aliphatic heterocycles. The number of nitrogens with zero attached hydrogens (tertiary/aromatic N) is 6. The van der Waals surface area contributed by atoms with E-state index < -0.39 is 40.2 Å². The Bertz CT molecular complexity index is 2600. The van der Waals surface area contributed by atoms with Crippen molar-refractivity contribution in [2.24, 2.45) is 0 Å². The van der Waals surface area contributed by atoms with Crippen molar-refractivity contribution in [3.63, 3.8) is 0 Å². The van der Waals surface area contributed by atoms with Gasteiger partial charge in [-0.1, -0.05) is 53.3 Å². The molecule has 0 spiro atoms. The molecule has 4 aliphatic rings. The van der Waals surface area contributed by atoms with E-state index in [1.165, 1.54) is 9.80 Å². The van der Waals surface area contributed by atoms with Crippen LogP contribution in [0.15, 0.2) is 53.0 Å². The second-order valence-electron chi connectivity index (χ2n) is 17.0. The van der Waals surface area contributed by atoms with Gasteiger partial charge in [0.25, 0.3) is 11.8 Å². The van der Waals surface area contributed by atoms with Crippen LogP contribution in [0, 0.1) is 24.2 Å². The van der Waals surface area contributed by atoms with Gasteiger partial charge in [-0.2, -0.15) is 10.2 Å². The Hall–Kier alpha value is -5.82. The lowest BCUT2D eigenvalue weighted by Crippen LogP contribution is -2.37. The fraction of sp³-hybridized carbons (Fsp3) is 0.469. The molecule has 2 saturated heterocycles. The van der Waals surface area contributed by atoms with E-state index in [1.807, 2.05) is 30.3 Å². The number of halogens is 1. The fourth-order valence-corrected chi connectivity index (χ4v) is 8.90. The first-order valence-electron chi connectivity index (χ1n) is 21.6. The largest absolute Gasteiger partial charge is 0.461 e. The molecule has 2 aromatic carbocycles. The van der Waals surface area contributed by atoms with Crippen molar-refractivity contribution < 1.29 is 49.1 Å². The van der Waals surface area contributed by atoms with Crippen LogP contribution in [0.5, 0.6) is 0 Å². The molecule has 0 radical (unpaired) electrons. The topological polar surface area (TPSA) is 210 Å². The predicted molar refractivity (Wildman–Crippen MR) is 249 cm³/mol. The number of carbonyl (C=O) groups is 4. The van der Waals surface area contributed by atoms with E-state index in [0.717, 1.165) is 40.8 Å². The van der Waals surface area contributed by atoms with Crippen molar-refractivity contribution in [2.75, 3.05) is 40.4 Å². The zero-order valence-corrected chi connectivity index (χ0v) is 39.1. The summed E-state index contributed by atoms with van der Waals surface area (Å²) in [6, 6.07) is 14.9. The van der Waals surface area contributed by atoms with Crippen molar-refractivity contribution in [1.29, 1.82) is 0 Å². The lowest BCUT2D eigenvalue weighted by molar-refractivity contribution is -0.138. The molecule has 2 aliphatic carbocycles. The number of hydrogen-bond acceptors (Lipinski definition) is 12. The minimum Gasteiger partial charge on any atom is -0.461 e. The number of likely N-dealkylation sites (N-methyl/N-ethyl adjacent to an activating group) is 2. The van der Waals surface area contributed by atoms with Crippen LogP contribution in [0.25, 0.3) is 11.4 Å². The third-order valence-electron chi connectivity index (χ3n) is 11.9. The molecule has 0 saturated carbocycles. The van der Waals surface area contributed by atoms with Gasteiger partial charge in [-0.25, -0.2) is 19.0 Å². The van der Waals surface area contributed by atoms with Crippen LogP contribution in [-0.4, -0.2) is 125 Å². The first-order valence-corrected chi connectivity index (χ1v) is 22.4. The van der Waals surface area contributed by atoms with Crippen LogP contribution < -0.4 is 0 Å². The monoisotopic (exact) mass is 970 g/mol. The highest BCUT2D eigenvalue weighted by Crippen LogP contribution is 2.40. The second kappa shape index (κ2) is 20.4. The Morgan fingerprint density at radius 2 is 1.20 bits per heavy atom. The zero-order valence-electron chi connectivity index (χ0n) is 37.5. The summed E-state index contributed by atoms with van der Waals surface area (Å²) >= 11 is 3.46. The molecule has 16 nitrogen and oxygen atoms in total. The molecule has 2 amide bonds. The van der Waals surface area contributed by atoms with E-state index >= 15 is 0 Å². The number of fused-ring (bicyclic) bond motifs is 2. The van der Waals surface area contributed by atoms with E-state index in [1.54, 1.807) is 69.4 Å². The molecule has 2 aromatic heterocycles. The fourth-order valence-electron chi connectivity index (χ4n) is 8.52. The Balaban J connectivity index is 0.000000209. The number of ether oxygens (including phenoxy) is 2. The highest BCUT2D eigenvalue weighted by atomic mass is 79.9. The smallest absolute Gasteiger partial charge is 0.359 e. The van der Waals surface area contributed by atoms with Crippen molar-refractivity contribution in [3.8, 4) is 35.6 Å². The van der Waals surface area contributed by atoms with E-state index in [-0.39, 0.29) is 44.4 Å². The summed E-state index contributed by atoms with van der Waals surface area (Å²) in [5.74, 6) is 5.89. The number of esters is 2. The molecule has 4 heterocycles. The van der Waals surface area contributed by atoms with Gasteiger partial charge in [-0.05, 0) is 103 Å². The van der Waals surface area contributed by atoms with E-state index in [4.69, 9.17) is 15.9 Å². The van der Waals surface area contributed by atoms with E-state index in [9.17, 15) is 39.6 Å². The molecule has 66 heavy (non-hydrogen) atoms. The summed E-state index contributed by atoms with van der Waals surface area (Å²) in [4.78, 5) is 50.9. The number of likely N-dealkylation sites (tertiary alicyclic amines) is 2. The van der Waals surface area contributed by atoms with E-state index in [0.29, 0.717) is 61.2 Å². The van der Waals surface area contributed by atoms with Crippen LogP contribution in [-0.2, 0) is 43.1 Å². The maximum atomic E-state index is 12.6. The normalized spacial score (nSPS) is 23.9. The molecule has 4 atom stereocenters. The maximum Gasteiger partial charge on any atom is 0.359 e. The molecule has 2 unspecified atom stereocenters. The predicted octanol–water partition coefficient (Wildman–Crippen LogP) is 4.74. The van der Waals surface area contributed by atoms with Crippen LogP contribution in [0.1, 0.15) is 123 Å². The van der Waals surface area contributed by atoms with Gasteiger partial charge >= 0.3 is 11.9 Å². The second-order valence-corrected chi connectivity index (χ2v) is 17.9. The molecule has 4 N–H and O–H groups in total. The van der Waals surface area contributed by atoms with Gasteiger partial charge in [0.1, 0.15) is 0 Å². The van der Waals surface area contributed by atoms with Gasteiger partial charge in [0, 0.05) is 61.2 Å². The highest BCUT2D eigenvalue weighted by molar-refractivity contribution is 9.10. The third-order valence-corrected chi connectivity index (χ3v) is 12.4. The summed E-state index contributed by atoms with van der Waals surface area (Å²) in [6.07, 6.45) is 9.76. The van der Waals surface area contributed by atoms with Gasteiger partial charge < -0.3 is 39.7 Å². The number of carbonyl (C=O) groups excluding carboxylic acids is 4. The summed E-state index contributed by atoms with van der Waals surface area (Å²) in [6.45, 7) is 8.40. The molecular weight excluding hydrogens is 912 g/mol. The van der Waals surface area contributed by atoms with Crippen LogP contribution in [0.3, 0.4) is 0 Å². The standard InChI is InChI=1S/C24H27N3O5.C17H19BrN2O3.C7H9NO2.CH4/c1-4-32-21(28)20-19-18(9-6-11-23(19,2)30)27(25-20)17-8-5-7-16(15-17)10-12-24(31)13-14-26(3)22(24)29;1-3-23-16(21)15-14-13(8-5-9-17(14,2)22)20(19-15)12-7-4-6-11(18)10-12;1-3-7(10)4-5-8(2)6(7)9;/h5,7-8,15,30-31H,4,6,9,11,13-14H2,1-3H3;4,6-7,10,22H,3,5,8-9H2,1-2H3;1,10H,4-5H2,2H3;1H4/t23?,24-;;7-;/m0.0./s1. The summed E-state index contributed by atoms with van der Waals surface area (Å²) in [5, 5.41) is 50.6. The maximum absolute atomic E-state index is 12.6. The quantitative estimate of drug-likeness (QED) is 0.153. The van der Waals surface area contributed by atoms with Crippen LogP contribution in [0.4, 0.5) is 0 Å². The Labute approximate surface area is 394 Å². The lowest BCUT2D eigenvalue weighted by atomic mass is 9.82. The molecular formula is C49H59BrN6O10. The number of rotatable bonds is 6. The highest BCUT2D eigenvalue weighted by Gasteiger charge is 2.44.